The molecule has 0 saturated heterocycles. The summed E-state index contributed by atoms with van der Waals surface area (Å²) in [6.07, 6.45) is 14.8. The molecular formula is C14H25ClN2. The second kappa shape index (κ2) is 9.52. The van der Waals surface area contributed by atoms with Crippen LogP contribution in [0.3, 0.4) is 0 Å². The highest BCUT2D eigenvalue weighted by molar-refractivity contribution is 6.17. The van der Waals surface area contributed by atoms with E-state index >= 15 is 0 Å². The van der Waals surface area contributed by atoms with Crippen molar-refractivity contribution in [2.24, 2.45) is 0 Å². The fourth-order valence-electron chi connectivity index (χ4n) is 2.01. The Hall–Kier alpha value is -0.500. The minimum absolute atomic E-state index is 0.567. The number of hydrogen-bond donors (Lipinski definition) is 0. The molecule has 1 heterocycles. The highest BCUT2D eigenvalue weighted by atomic mass is 35.5. The number of aromatic nitrogens is 2. The Labute approximate surface area is 110 Å². The predicted molar refractivity (Wildman–Crippen MR) is 74.4 cm³/mol. The highest BCUT2D eigenvalue weighted by Crippen LogP contribution is 2.09. The summed E-state index contributed by atoms with van der Waals surface area (Å²) < 4.78 is 2.01. The van der Waals surface area contributed by atoms with Crippen molar-refractivity contribution in [3.05, 3.63) is 18.0 Å². The summed E-state index contributed by atoms with van der Waals surface area (Å²) >= 11 is 5.73. The van der Waals surface area contributed by atoms with Crippen molar-refractivity contribution in [2.75, 3.05) is 0 Å². The maximum absolute atomic E-state index is 5.73. The Morgan fingerprint density at radius 3 is 2.29 bits per heavy atom. The van der Waals surface area contributed by atoms with Crippen molar-refractivity contribution in [3.63, 3.8) is 0 Å². The summed E-state index contributed by atoms with van der Waals surface area (Å²) in [7, 11) is 0. The normalized spacial score (nSPS) is 10.9. The molecule has 0 aliphatic heterocycles. The number of hydrogen-bond acceptors (Lipinski definition) is 1. The molecule has 0 N–H and O–H groups in total. The van der Waals surface area contributed by atoms with Crippen LogP contribution in [0.1, 0.15) is 63.9 Å². The first-order valence-corrected chi connectivity index (χ1v) is 7.47. The van der Waals surface area contributed by atoms with E-state index in [9.17, 15) is 0 Å². The van der Waals surface area contributed by atoms with Gasteiger partial charge in [-0.2, -0.15) is 5.10 Å². The monoisotopic (exact) mass is 256 g/mol. The van der Waals surface area contributed by atoms with Gasteiger partial charge in [0, 0.05) is 18.3 Å². The molecule has 0 aromatic carbocycles. The molecule has 1 aromatic heterocycles. The zero-order valence-electron chi connectivity index (χ0n) is 11.0. The second-order valence-electron chi connectivity index (χ2n) is 4.72. The fraction of sp³-hybridized carbons (Fsp3) is 0.786. The first kappa shape index (κ1) is 14.6. The van der Waals surface area contributed by atoms with E-state index in [4.69, 9.17) is 11.6 Å². The van der Waals surface area contributed by atoms with E-state index in [2.05, 4.69) is 12.0 Å². The van der Waals surface area contributed by atoms with Gasteiger partial charge in [-0.05, 0) is 6.42 Å². The lowest BCUT2D eigenvalue weighted by Gasteiger charge is -2.02. The van der Waals surface area contributed by atoms with E-state index in [1.54, 1.807) is 0 Å². The lowest BCUT2D eigenvalue weighted by Crippen LogP contribution is -1.97. The summed E-state index contributed by atoms with van der Waals surface area (Å²) in [5, 5.41) is 4.28. The van der Waals surface area contributed by atoms with Crippen LogP contribution in [0.15, 0.2) is 12.4 Å². The topological polar surface area (TPSA) is 17.8 Å². The standard InChI is InChI=1S/C14H25ClN2/c1-2-3-4-5-6-7-8-9-10-17-13-14(11-15)12-16-17/h12-13H,2-11H2,1H3. The predicted octanol–water partition coefficient (Wildman–Crippen LogP) is 4.76. The molecule has 0 saturated carbocycles. The highest BCUT2D eigenvalue weighted by Gasteiger charge is 1.97. The van der Waals surface area contributed by atoms with Gasteiger partial charge in [-0.25, -0.2) is 0 Å². The van der Waals surface area contributed by atoms with Crippen LogP contribution in [0, 0.1) is 0 Å². The SMILES string of the molecule is CCCCCCCCCCn1cc(CCl)cn1. The van der Waals surface area contributed by atoms with Crippen LogP contribution in [0.25, 0.3) is 0 Å². The zero-order valence-corrected chi connectivity index (χ0v) is 11.8. The Bertz CT molecular complexity index is 284. The summed E-state index contributed by atoms with van der Waals surface area (Å²) in [4.78, 5) is 0. The molecular weight excluding hydrogens is 232 g/mol. The van der Waals surface area contributed by atoms with E-state index in [0.29, 0.717) is 5.88 Å². The van der Waals surface area contributed by atoms with Gasteiger partial charge in [0.1, 0.15) is 0 Å². The smallest absolute Gasteiger partial charge is 0.0533 e. The molecule has 0 amide bonds. The molecule has 2 nitrogen and oxygen atoms in total. The number of aryl methyl sites for hydroxylation is 1. The Morgan fingerprint density at radius 1 is 1.06 bits per heavy atom. The first-order valence-electron chi connectivity index (χ1n) is 6.94. The molecule has 0 aliphatic carbocycles. The molecule has 0 bridgehead atoms. The van der Waals surface area contributed by atoms with Crippen molar-refractivity contribution >= 4 is 11.6 Å². The van der Waals surface area contributed by atoms with Gasteiger partial charge in [-0.3, -0.25) is 4.68 Å². The molecule has 0 fully saturated rings. The molecule has 98 valence electrons. The van der Waals surface area contributed by atoms with Crippen LogP contribution >= 0.6 is 11.6 Å². The van der Waals surface area contributed by atoms with Gasteiger partial charge in [0.05, 0.1) is 12.1 Å². The van der Waals surface area contributed by atoms with Gasteiger partial charge in [0.2, 0.25) is 0 Å². The van der Waals surface area contributed by atoms with Crippen LogP contribution in [-0.2, 0) is 12.4 Å². The third kappa shape index (κ3) is 6.72. The molecule has 0 spiro atoms. The van der Waals surface area contributed by atoms with Gasteiger partial charge in [0.25, 0.3) is 0 Å². The number of unbranched alkanes of at least 4 members (excludes halogenated alkanes) is 7. The van der Waals surface area contributed by atoms with Crippen molar-refractivity contribution in [1.29, 1.82) is 0 Å². The first-order chi connectivity index (χ1) is 8.36. The van der Waals surface area contributed by atoms with Crippen molar-refractivity contribution in [2.45, 2.75) is 70.7 Å². The van der Waals surface area contributed by atoms with Crippen LogP contribution in [0.5, 0.6) is 0 Å². The molecule has 1 aromatic rings. The summed E-state index contributed by atoms with van der Waals surface area (Å²) in [5.74, 6) is 0.567. The Kier molecular flexibility index (Phi) is 8.16. The number of halogens is 1. The van der Waals surface area contributed by atoms with Crippen LogP contribution in [-0.4, -0.2) is 9.78 Å². The average Bonchev–Trinajstić information content (AvgIpc) is 2.80. The van der Waals surface area contributed by atoms with Gasteiger partial charge < -0.3 is 0 Å². The van der Waals surface area contributed by atoms with Crippen molar-refractivity contribution in [3.8, 4) is 0 Å². The van der Waals surface area contributed by atoms with Gasteiger partial charge in [-0.15, -0.1) is 11.6 Å². The molecule has 0 atom stereocenters. The maximum atomic E-state index is 5.73. The number of alkyl halides is 1. The minimum Gasteiger partial charge on any atom is -0.272 e. The molecule has 0 radical (unpaired) electrons. The fourth-order valence-corrected chi connectivity index (χ4v) is 2.14. The van der Waals surface area contributed by atoms with E-state index in [0.717, 1.165) is 12.1 Å². The van der Waals surface area contributed by atoms with Gasteiger partial charge in [-0.1, -0.05) is 51.9 Å². The molecule has 3 heteroatoms. The van der Waals surface area contributed by atoms with Crippen LogP contribution in [0.4, 0.5) is 0 Å². The van der Waals surface area contributed by atoms with Gasteiger partial charge >= 0.3 is 0 Å². The van der Waals surface area contributed by atoms with E-state index in [1.807, 2.05) is 17.1 Å². The molecule has 0 aliphatic rings. The number of rotatable bonds is 10. The lowest BCUT2D eigenvalue weighted by atomic mass is 10.1. The second-order valence-corrected chi connectivity index (χ2v) is 4.99. The number of nitrogens with zero attached hydrogens (tertiary/aromatic N) is 2. The van der Waals surface area contributed by atoms with E-state index in [-0.39, 0.29) is 0 Å². The minimum atomic E-state index is 0.567. The quantitative estimate of drug-likeness (QED) is 0.436. The van der Waals surface area contributed by atoms with E-state index < -0.39 is 0 Å². The lowest BCUT2D eigenvalue weighted by molar-refractivity contribution is 0.520. The zero-order chi connectivity index (χ0) is 12.3. The van der Waals surface area contributed by atoms with E-state index in [1.165, 1.54) is 51.4 Å². The van der Waals surface area contributed by atoms with Crippen molar-refractivity contribution in [1.82, 2.24) is 9.78 Å². The van der Waals surface area contributed by atoms with Crippen molar-refractivity contribution < 1.29 is 0 Å². The summed E-state index contributed by atoms with van der Waals surface area (Å²) in [6, 6.07) is 0. The van der Waals surface area contributed by atoms with Crippen LogP contribution < -0.4 is 0 Å². The molecule has 1 rings (SSSR count). The third-order valence-corrected chi connectivity index (χ3v) is 3.39. The van der Waals surface area contributed by atoms with Crippen LogP contribution in [0.2, 0.25) is 0 Å². The summed E-state index contributed by atoms with van der Waals surface area (Å²) in [5.41, 5.74) is 1.12. The Morgan fingerprint density at radius 2 is 1.71 bits per heavy atom. The van der Waals surface area contributed by atoms with Gasteiger partial charge in [0.15, 0.2) is 0 Å². The average molecular weight is 257 g/mol. The Balaban J connectivity index is 1.93. The molecule has 0 unspecified atom stereocenters. The third-order valence-electron chi connectivity index (χ3n) is 3.08. The largest absolute Gasteiger partial charge is 0.272 e. The molecule has 17 heavy (non-hydrogen) atoms. The summed E-state index contributed by atoms with van der Waals surface area (Å²) in [6.45, 7) is 3.30. The maximum Gasteiger partial charge on any atom is 0.0533 e.